The fourth-order valence-electron chi connectivity index (χ4n) is 1.58. The molecule has 0 saturated carbocycles. The highest BCUT2D eigenvalue weighted by molar-refractivity contribution is 9.08. The SMILES string of the molecule is Fc1ccc(Oc2ccccc2CBr)c(CBr)c1. The Balaban J connectivity index is 2.33. The third-order valence-corrected chi connectivity index (χ3v) is 3.71. The monoisotopic (exact) mass is 372 g/mol. The van der Waals surface area contributed by atoms with E-state index in [9.17, 15) is 4.39 Å². The van der Waals surface area contributed by atoms with E-state index in [4.69, 9.17) is 4.74 Å². The lowest BCUT2D eigenvalue weighted by Gasteiger charge is -2.12. The number of halogens is 3. The summed E-state index contributed by atoms with van der Waals surface area (Å²) in [6, 6.07) is 12.3. The molecule has 0 bridgehead atoms. The molecule has 0 N–H and O–H groups in total. The van der Waals surface area contributed by atoms with Gasteiger partial charge in [0, 0.05) is 21.8 Å². The average molecular weight is 374 g/mol. The molecule has 18 heavy (non-hydrogen) atoms. The molecule has 0 heterocycles. The number of benzene rings is 2. The highest BCUT2D eigenvalue weighted by atomic mass is 79.9. The molecule has 2 aromatic carbocycles. The molecule has 0 radical (unpaired) electrons. The average Bonchev–Trinajstić information content (AvgIpc) is 2.41. The Kier molecular flexibility index (Phi) is 4.78. The Morgan fingerprint density at radius 2 is 1.56 bits per heavy atom. The van der Waals surface area contributed by atoms with Crippen molar-refractivity contribution in [1.29, 1.82) is 0 Å². The van der Waals surface area contributed by atoms with Crippen molar-refractivity contribution >= 4 is 31.9 Å². The van der Waals surface area contributed by atoms with Crippen LogP contribution in [0.1, 0.15) is 11.1 Å². The van der Waals surface area contributed by atoms with Crippen LogP contribution in [0.5, 0.6) is 11.5 Å². The molecule has 0 aromatic heterocycles. The van der Waals surface area contributed by atoms with Crippen molar-refractivity contribution < 1.29 is 9.13 Å². The molecule has 0 saturated heterocycles. The molecule has 0 unspecified atom stereocenters. The van der Waals surface area contributed by atoms with Crippen LogP contribution < -0.4 is 4.74 Å². The van der Waals surface area contributed by atoms with E-state index in [0.717, 1.165) is 16.9 Å². The molecule has 0 amide bonds. The first kappa shape index (κ1) is 13.6. The van der Waals surface area contributed by atoms with E-state index < -0.39 is 0 Å². The molecule has 0 aliphatic rings. The molecule has 2 rings (SSSR count). The van der Waals surface area contributed by atoms with E-state index in [-0.39, 0.29) is 5.82 Å². The van der Waals surface area contributed by atoms with Crippen LogP contribution in [0.2, 0.25) is 0 Å². The van der Waals surface area contributed by atoms with Gasteiger partial charge in [-0.25, -0.2) is 4.39 Å². The predicted molar refractivity (Wildman–Crippen MR) is 78.2 cm³/mol. The molecule has 1 nitrogen and oxygen atoms in total. The zero-order valence-electron chi connectivity index (χ0n) is 9.50. The fourth-order valence-corrected chi connectivity index (χ4v) is 2.49. The van der Waals surface area contributed by atoms with Crippen molar-refractivity contribution in [3.05, 3.63) is 59.4 Å². The van der Waals surface area contributed by atoms with E-state index >= 15 is 0 Å². The second-order valence-corrected chi connectivity index (χ2v) is 4.85. The topological polar surface area (TPSA) is 9.23 Å². The molecule has 0 aliphatic carbocycles. The van der Waals surface area contributed by atoms with E-state index in [1.54, 1.807) is 6.07 Å². The number of rotatable bonds is 4. The number of ether oxygens (including phenoxy) is 1. The lowest BCUT2D eigenvalue weighted by Crippen LogP contribution is -1.93. The molecule has 0 aliphatic heterocycles. The summed E-state index contributed by atoms with van der Waals surface area (Å²) in [6.45, 7) is 0. The highest BCUT2D eigenvalue weighted by Crippen LogP contribution is 2.30. The minimum atomic E-state index is -0.259. The van der Waals surface area contributed by atoms with Crippen molar-refractivity contribution in [1.82, 2.24) is 0 Å². The van der Waals surface area contributed by atoms with Gasteiger partial charge < -0.3 is 4.74 Å². The summed E-state index contributed by atoms with van der Waals surface area (Å²) in [4.78, 5) is 0. The van der Waals surface area contributed by atoms with Gasteiger partial charge in [-0.3, -0.25) is 0 Å². The minimum absolute atomic E-state index is 0.259. The fraction of sp³-hybridized carbons (Fsp3) is 0.143. The van der Waals surface area contributed by atoms with Crippen LogP contribution >= 0.6 is 31.9 Å². The predicted octanol–water partition coefficient (Wildman–Crippen LogP) is 5.41. The summed E-state index contributed by atoms with van der Waals surface area (Å²) in [7, 11) is 0. The summed E-state index contributed by atoms with van der Waals surface area (Å²) in [5.41, 5.74) is 1.85. The van der Waals surface area contributed by atoms with Crippen LogP contribution in [0.3, 0.4) is 0 Å². The number of hydrogen-bond acceptors (Lipinski definition) is 1. The first-order chi connectivity index (χ1) is 8.74. The van der Waals surface area contributed by atoms with Gasteiger partial charge in [-0.15, -0.1) is 0 Å². The maximum atomic E-state index is 13.1. The van der Waals surface area contributed by atoms with Gasteiger partial charge in [0.05, 0.1) is 0 Å². The third-order valence-electron chi connectivity index (χ3n) is 2.50. The van der Waals surface area contributed by atoms with Gasteiger partial charge in [-0.05, 0) is 24.3 Å². The van der Waals surface area contributed by atoms with E-state index in [1.807, 2.05) is 24.3 Å². The Bertz CT molecular complexity index is 543. The van der Waals surface area contributed by atoms with Gasteiger partial charge in [0.2, 0.25) is 0 Å². The summed E-state index contributed by atoms with van der Waals surface area (Å²) < 4.78 is 19.0. The normalized spacial score (nSPS) is 10.4. The zero-order valence-corrected chi connectivity index (χ0v) is 12.7. The summed E-state index contributed by atoms with van der Waals surface area (Å²) in [6.07, 6.45) is 0. The van der Waals surface area contributed by atoms with Crippen molar-refractivity contribution in [3.63, 3.8) is 0 Å². The van der Waals surface area contributed by atoms with Crippen LogP contribution in [-0.4, -0.2) is 0 Å². The molecule has 94 valence electrons. The largest absolute Gasteiger partial charge is 0.457 e. The zero-order chi connectivity index (χ0) is 13.0. The molecule has 0 fully saturated rings. The van der Waals surface area contributed by atoms with Crippen LogP contribution in [0.25, 0.3) is 0 Å². The second kappa shape index (κ2) is 6.34. The first-order valence-corrected chi connectivity index (χ1v) is 7.65. The Hall–Kier alpha value is -0.870. The van der Waals surface area contributed by atoms with E-state index in [1.165, 1.54) is 12.1 Å². The number of alkyl halides is 2. The maximum Gasteiger partial charge on any atom is 0.131 e. The lowest BCUT2D eigenvalue weighted by molar-refractivity contribution is 0.472. The summed E-state index contributed by atoms with van der Waals surface area (Å²) in [5, 5.41) is 1.27. The van der Waals surface area contributed by atoms with Crippen LogP contribution in [-0.2, 0) is 10.7 Å². The molecular weight excluding hydrogens is 363 g/mol. The van der Waals surface area contributed by atoms with Crippen molar-refractivity contribution in [3.8, 4) is 11.5 Å². The van der Waals surface area contributed by atoms with Crippen molar-refractivity contribution in [2.24, 2.45) is 0 Å². The summed E-state index contributed by atoms with van der Waals surface area (Å²) in [5.74, 6) is 1.19. The lowest BCUT2D eigenvalue weighted by atomic mass is 10.2. The van der Waals surface area contributed by atoms with Gasteiger partial charge in [0.25, 0.3) is 0 Å². The molecule has 4 heteroatoms. The molecule has 0 spiro atoms. The number of hydrogen-bond donors (Lipinski definition) is 0. The van der Waals surface area contributed by atoms with Gasteiger partial charge in [-0.1, -0.05) is 50.1 Å². The van der Waals surface area contributed by atoms with E-state index in [2.05, 4.69) is 31.9 Å². The summed E-state index contributed by atoms with van der Waals surface area (Å²) >= 11 is 6.76. The Morgan fingerprint density at radius 3 is 2.28 bits per heavy atom. The van der Waals surface area contributed by atoms with Crippen LogP contribution in [0.15, 0.2) is 42.5 Å². The van der Waals surface area contributed by atoms with Crippen molar-refractivity contribution in [2.75, 3.05) is 0 Å². The molecule has 2 aromatic rings. The number of para-hydroxylation sites is 1. The molecule has 0 atom stereocenters. The highest BCUT2D eigenvalue weighted by Gasteiger charge is 2.08. The Labute approximate surface area is 122 Å². The van der Waals surface area contributed by atoms with Gasteiger partial charge in [0.1, 0.15) is 17.3 Å². The van der Waals surface area contributed by atoms with Gasteiger partial charge >= 0.3 is 0 Å². The second-order valence-electron chi connectivity index (χ2n) is 3.73. The van der Waals surface area contributed by atoms with Crippen LogP contribution in [0, 0.1) is 5.82 Å². The Morgan fingerprint density at radius 1 is 0.889 bits per heavy atom. The van der Waals surface area contributed by atoms with Crippen molar-refractivity contribution in [2.45, 2.75) is 10.7 Å². The smallest absolute Gasteiger partial charge is 0.131 e. The maximum absolute atomic E-state index is 13.1. The molecular formula is C14H11Br2FO. The van der Waals surface area contributed by atoms with E-state index in [0.29, 0.717) is 16.4 Å². The van der Waals surface area contributed by atoms with Gasteiger partial charge in [0.15, 0.2) is 0 Å². The quantitative estimate of drug-likeness (QED) is 0.651. The van der Waals surface area contributed by atoms with Crippen LogP contribution in [0.4, 0.5) is 4.39 Å². The minimum Gasteiger partial charge on any atom is -0.457 e. The van der Waals surface area contributed by atoms with Gasteiger partial charge in [-0.2, -0.15) is 0 Å². The third kappa shape index (κ3) is 3.12. The first-order valence-electron chi connectivity index (χ1n) is 5.40. The standard InChI is InChI=1S/C14H11Br2FO/c15-8-10-3-1-2-4-13(10)18-14-6-5-12(17)7-11(14)9-16/h1-7H,8-9H2.